The first-order chi connectivity index (χ1) is 15.9. The van der Waals surface area contributed by atoms with Gasteiger partial charge in [0, 0.05) is 25.6 Å². The smallest absolute Gasteiger partial charge is 0.262 e. The van der Waals surface area contributed by atoms with E-state index < -0.39 is 5.92 Å². The van der Waals surface area contributed by atoms with Crippen molar-refractivity contribution >= 4 is 40.7 Å². The number of ether oxygens (including phenoxy) is 3. The molecule has 9 nitrogen and oxygen atoms in total. The third-order valence-corrected chi connectivity index (χ3v) is 5.98. The Hall–Kier alpha value is -3.46. The van der Waals surface area contributed by atoms with E-state index in [4.69, 9.17) is 25.8 Å². The number of carbonyl (C=O) groups is 3. The van der Waals surface area contributed by atoms with Gasteiger partial charge in [-0.1, -0.05) is 17.7 Å². The lowest BCUT2D eigenvalue weighted by molar-refractivity contribution is -0.128. The van der Waals surface area contributed by atoms with Crippen LogP contribution in [0.2, 0.25) is 5.02 Å². The number of benzene rings is 2. The molecule has 0 aromatic heterocycles. The lowest BCUT2D eigenvalue weighted by Crippen LogP contribution is -2.30. The number of nitrogens with one attached hydrogen (secondary N) is 2. The highest BCUT2D eigenvalue weighted by atomic mass is 35.5. The van der Waals surface area contributed by atoms with Gasteiger partial charge in [0.2, 0.25) is 11.8 Å². The van der Waals surface area contributed by atoms with Crippen LogP contribution in [0.3, 0.4) is 0 Å². The van der Waals surface area contributed by atoms with Crippen molar-refractivity contribution in [3.05, 3.63) is 40.9 Å². The van der Waals surface area contributed by atoms with Crippen molar-refractivity contribution in [2.75, 3.05) is 44.5 Å². The third kappa shape index (κ3) is 4.98. The van der Waals surface area contributed by atoms with Crippen LogP contribution in [0.1, 0.15) is 12.0 Å². The van der Waals surface area contributed by atoms with Gasteiger partial charge < -0.3 is 29.7 Å². The molecule has 174 valence electrons. The summed E-state index contributed by atoms with van der Waals surface area (Å²) < 4.78 is 16.0. The molecule has 4 rings (SSSR count). The maximum atomic E-state index is 12.8. The quantitative estimate of drug-likeness (QED) is 0.640. The topological polar surface area (TPSA) is 106 Å². The number of rotatable bonds is 7. The first kappa shape index (κ1) is 22.7. The predicted octanol–water partition coefficient (Wildman–Crippen LogP) is 2.72. The average Bonchev–Trinajstić information content (AvgIpc) is 3.18. The van der Waals surface area contributed by atoms with Gasteiger partial charge >= 0.3 is 0 Å². The molecule has 1 unspecified atom stereocenters. The van der Waals surface area contributed by atoms with Crippen molar-refractivity contribution in [1.29, 1.82) is 0 Å². The highest BCUT2D eigenvalue weighted by molar-refractivity contribution is 6.34. The minimum absolute atomic E-state index is 0.0711. The molecule has 10 heteroatoms. The Balaban J connectivity index is 1.36. The van der Waals surface area contributed by atoms with Gasteiger partial charge in [-0.3, -0.25) is 14.4 Å². The number of nitrogens with zero attached hydrogens (tertiary/aromatic N) is 1. The summed E-state index contributed by atoms with van der Waals surface area (Å²) in [6.45, 7) is 0.715. The molecule has 1 atom stereocenters. The zero-order chi connectivity index (χ0) is 23.5. The Kier molecular flexibility index (Phi) is 6.60. The third-order valence-electron chi connectivity index (χ3n) is 5.66. The second kappa shape index (κ2) is 9.58. The maximum absolute atomic E-state index is 12.8. The summed E-state index contributed by atoms with van der Waals surface area (Å²) in [6, 6.07) is 8.73. The molecule has 0 bridgehead atoms. The molecule has 0 saturated carbocycles. The molecule has 2 heterocycles. The number of fused-ring (bicyclic) bond motifs is 1. The van der Waals surface area contributed by atoms with E-state index in [1.165, 1.54) is 6.07 Å². The highest BCUT2D eigenvalue weighted by Crippen LogP contribution is 2.37. The van der Waals surface area contributed by atoms with Crippen molar-refractivity contribution in [3.8, 4) is 17.2 Å². The Bertz CT molecular complexity index is 1110. The van der Waals surface area contributed by atoms with Crippen LogP contribution in [0, 0.1) is 5.92 Å². The van der Waals surface area contributed by atoms with E-state index in [1.54, 1.807) is 25.2 Å². The first-order valence-corrected chi connectivity index (χ1v) is 10.8. The van der Waals surface area contributed by atoms with Crippen LogP contribution in [-0.2, 0) is 20.8 Å². The normalized spacial score (nSPS) is 17.2. The molecule has 0 aliphatic carbocycles. The minimum Gasteiger partial charge on any atom is -0.493 e. The zero-order valence-corrected chi connectivity index (χ0v) is 19.0. The lowest BCUT2D eigenvalue weighted by Gasteiger charge is -2.20. The molecular formula is C23H24ClN3O6. The van der Waals surface area contributed by atoms with Gasteiger partial charge in [0.25, 0.3) is 5.91 Å². The summed E-state index contributed by atoms with van der Waals surface area (Å²) in [7, 11) is 3.15. The van der Waals surface area contributed by atoms with Crippen molar-refractivity contribution in [1.82, 2.24) is 4.90 Å². The minimum atomic E-state index is -0.490. The zero-order valence-electron chi connectivity index (χ0n) is 18.3. The van der Waals surface area contributed by atoms with Crippen LogP contribution >= 0.6 is 11.6 Å². The van der Waals surface area contributed by atoms with Gasteiger partial charge in [0.05, 0.1) is 36.5 Å². The fraction of sp³-hybridized carbons (Fsp3) is 0.348. The Morgan fingerprint density at radius 3 is 2.76 bits per heavy atom. The summed E-state index contributed by atoms with van der Waals surface area (Å²) in [4.78, 5) is 38.4. The van der Waals surface area contributed by atoms with Gasteiger partial charge in [0.1, 0.15) is 5.75 Å². The molecule has 2 aliphatic heterocycles. The second-order valence-corrected chi connectivity index (χ2v) is 8.24. The summed E-state index contributed by atoms with van der Waals surface area (Å²) in [5, 5.41) is 5.71. The number of hydrogen-bond acceptors (Lipinski definition) is 6. The second-order valence-electron chi connectivity index (χ2n) is 7.83. The Morgan fingerprint density at radius 2 is 2.00 bits per heavy atom. The molecule has 1 saturated heterocycles. The number of hydrogen-bond donors (Lipinski definition) is 2. The first-order valence-electron chi connectivity index (χ1n) is 10.4. The number of likely N-dealkylation sites (tertiary alicyclic amines) is 1. The van der Waals surface area contributed by atoms with E-state index >= 15 is 0 Å². The van der Waals surface area contributed by atoms with E-state index in [1.807, 2.05) is 18.2 Å². The summed E-state index contributed by atoms with van der Waals surface area (Å²) in [5.74, 6) is 0.572. The van der Waals surface area contributed by atoms with Crippen LogP contribution in [0.5, 0.6) is 17.2 Å². The molecule has 2 aliphatic rings. The van der Waals surface area contributed by atoms with Crippen molar-refractivity contribution < 1.29 is 28.6 Å². The van der Waals surface area contributed by atoms with E-state index in [2.05, 4.69) is 10.6 Å². The standard InChI is InChI=1S/C23H24ClN3O6/c1-31-18-4-3-13(7-20(18)32-2)5-6-27-11-14(8-22(27)29)23(30)26-16-10-19-17(9-15(16)24)25-21(28)12-33-19/h3-4,7,9-10,14H,5-6,8,11-12H2,1-2H3,(H,25,28)(H,26,30). The van der Waals surface area contributed by atoms with Crippen molar-refractivity contribution in [2.24, 2.45) is 5.92 Å². The van der Waals surface area contributed by atoms with Crippen molar-refractivity contribution in [2.45, 2.75) is 12.8 Å². The SMILES string of the molecule is COc1ccc(CCN2CC(C(=O)Nc3cc4c(cc3Cl)NC(=O)CO4)CC2=O)cc1OC. The number of amides is 3. The Morgan fingerprint density at radius 1 is 1.21 bits per heavy atom. The van der Waals surface area contributed by atoms with Crippen LogP contribution in [0.4, 0.5) is 11.4 Å². The van der Waals surface area contributed by atoms with Gasteiger partial charge in [-0.25, -0.2) is 0 Å². The lowest BCUT2D eigenvalue weighted by atomic mass is 10.1. The molecular weight excluding hydrogens is 450 g/mol. The molecule has 2 aromatic rings. The molecule has 0 radical (unpaired) electrons. The number of anilines is 2. The highest BCUT2D eigenvalue weighted by Gasteiger charge is 2.34. The molecule has 3 amide bonds. The van der Waals surface area contributed by atoms with Gasteiger partial charge in [-0.15, -0.1) is 0 Å². The van der Waals surface area contributed by atoms with Crippen molar-refractivity contribution in [3.63, 3.8) is 0 Å². The van der Waals surface area contributed by atoms with E-state index in [0.29, 0.717) is 48.1 Å². The fourth-order valence-electron chi connectivity index (χ4n) is 3.89. The fourth-order valence-corrected chi connectivity index (χ4v) is 4.11. The average molecular weight is 474 g/mol. The van der Waals surface area contributed by atoms with Crippen LogP contribution in [0.15, 0.2) is 30.3 Å². The van der Waals surface area contributed by atoms with E-state index in [-0.39, 0.29) is 35.8 Å². The molecule has 0 spiro atoms. The van der Waals surface area contributed by atoms with Crippen LogP contribution in [0.25, 0.3) is 0 Å². The Labute approximate surface area is 195 Å². The van der Waals surface area contributed by atoms with Gasteiger partial charge in [0.15, 0.2) is 18.1 Å². The number of halogens is 1. The van der Waals surface area contributed by atoms with E-state index in [0.717, 1.165) is 5.56 Å². The number of carbonyl (C=O) groups excluding carboxylic acids is 3. The van der Waals surface area contributed by atoms with Crippen LogP contribution < -0.4 is 24.8 Å². The monoisotopic (exact) mass is 473 g/mol. The summed E-state index contributed by atoms with van der Waals surface area (Å²) in [6.07, 6.45) is 0.757. The van der Waals surface area contributed by atoms with E-state index in [9.17, 15) is 14.4 Å². The summed E-state index contributed by atoms with van der Waals surface area (Å²) in [5.41, 5.74) is 1.82. The largest absolute Gasteiger partial charge is 0.493 e. The van der Waals surface area contributed by atoms with Crippen LogP contribution in [-0.4, -0.2) is 56.5 Å². The molecule has 2 aromatic carbocycles. The van der Waals surface area contributed by atoms with Gasteiger partial charge in [-0.2, -0.15) is 0 Å². The maximum Gasteiger partial charge on any atom is 0.262 e. The molecule has 2 N–H and O–H groups in total. The van der Waals surface area contributed by atoms with Gasteiger partial charge in [-0.05, 0) is 30.2 Å². The molecule has 33 heavy (non-hydrogen) atoms. The molecule has 1 fully saturated rings. The predicted molar refractivity (Wildman–Crippen MR) is 122 cm³/mol. The summed E-state index contributed by atoms with van der Waals surface area (Å²) >= 11 is 6.26. The number of methoxy groups -OCH3 is 2.